The van der Waals surface area contributed by atoms with Crippen LogP contribution in [0.2, 0.25) is 0 Å². The lowest BCUT2D eigenvalue weighted by Gasteiger charge is -2.18. The van der Waals surface area contributed by atoms with Crippen LogP contribution < -0.4 is 0 Å². The van der Waals surface area contributed by atoms with Gasteiger partial charge in [0.2, 0.25) is 0 Å². The van der Waals surface area contributed by atoms with Crippen LogP contribution >= 0.6 is 0 Å². The molecule has 0 fully saturated rings. The van der Waals surface area contributed by atoms with Crippen molar-refractivity contribution in [3.8, 4) is 90.6 Å². The Hall–Kier alpha value is -10.5. The van der Waals surface area contributed by atoms with Gasteiger partial charge in [-0.2, -0.15) is 0 Å². The second-order valence-corrected chi connectivity index (χ2v) is 19.2. The average Bonchev–Trinajstić information content (AvgIpc) is 3.97. The molecule has 7 heteroatoms. The molecule has 0 spiro atoms. The number of para-hydroxylation sites is 1. The number of fused-ring (bicyclic) bond motifs is 7. The van der Waals surface area contributed by atoms with Gasteiger partial charge in [0.25, 0.3) is 0 Å². The summed E-state index contributed by atoms with van der Waals surface area (Å²) in [4.78, 5) is 31.2. The van der Waals surface area contributed by atoms with E-state index in [1.165, 1.54) is 0 Å². The van der Waals surface area contributed by atoms with Gasteiger partial charge in [0.1, 0.15) is 11.2 Å². The molecule has 0 bridgehead atoms. The number of nitrogens with zero attached hydrogens (tertiary/aromatic N) is 6. The summed E-state index contributed by atoms with van der Waals surface area (Å²) in [6.07, 6.45) is 0. The topological polar surface area (TPSA) is 90.5 Å². The van der Waals surface area contributed by atoms with Crippen LogP contribution in [0.5, 0.6) is 0 Å². The largest absolute Gasteiger partial charge is 0.455 e. The first-order chi connectivity index (χ1) is 38.2. The normalized spacial score (nSPS) is 11.6. The molecule has 0 atom stereocenters. The van der Waals surface area contributed by atoms with E-state index in [1.54, 1.807) is 0 Å². The molecule has 15 aromatic rings. The maximum Gasteiger partial charge on any atom is 0.165 e. The summed E-state index contributed by atoms with van der Waals surface area (Å²) < 4.78 is 7.21. The van der Waals surface area contributed by atoms with Crippen molar-refractivity contribution in [1.82, 2.24) is 29.9 Å². The number of hydrogen-bond acceptors (Lipinski definition) is 7. The zero-order valence-corrected chi connectivity index (χ0v) is 41.3. The van der Waals surface area contributed by atoms with Crippen LogP contribution in [0.25, 0.3) is 156 Å². The van der Waals surface area contributed by atoms with Gasteiger partial charge >= 0.3 is 0 Å². The van der Waals surface area contributed by atoms with E-state index >= 15 is 0 Å². The van der Waals surface area contributed by atoms with Crippen LogP contribution in [-0.2, 0) is 0 Å². The van der Waals surface area contributed by atoms with Gasteiger partial charge in [-0.1, -0.05) is 249 Å². The van der Waals surface area contributed by atoms with Crippen molar-refractivity contribution < 1.29 is 4.42 Å². The first-order valence-electron chi connectivity index (χ1n) is 25.8. The zero-order chi connectivity index (χ0) is 50.8. The molecule has 15 rings (SSSR count). The van der Waals surface area contributed by atoms with Gasteiger partial charge in [-0.15, -0.1) is 0 Å². The Morgan fingerprint density at radius 3 is 0.844 bits per heavy atom. The molecule has 0 saturated heterocycles. The van der Waals surface area contributed by atoms with Crippen molar-refractivity contribution in [2.45, 2.75) is 0 Å². The van der Waals surface area contributed by atoms with Crippen LogP contribution in [0, 0.1) is 0 Å². The lowest BCUT2D eigenvalue weighted by Crippen LogP contribution is -2.01. The fourth-order valence-corrected chi connectivity index (χ4v) is 11.4. The van der Waals surface area contributed by atoms with E-state index < -0.39 is 0 Å². The number of furan rings is 1. The van der Waals surface area contributed by atoms with Crippen LogP contribution in [-0.4, -0.2) is 29.9 Å². The monoisotopic (exact) mass is 982 g/mol. The molecule has 3 aromatic heterocycles. The predicted octanol–water partition coefficient (Wildman–Crippen LogP) is 17.9. The van der Waals surface area contributed by atoms with Gasteiger partial charge in [0.15, 0.2) is 34.9 Å². The van der Waals surface area contributed by atoms with Crippen molar-refractivity contribution in [2.75, 3.05) is 0 Å². The second kappa shape index (κ2) is 18.2. The quantitative estimate of drug-likeness (QED) is 0.140. The Morgan fingerprint density at radius 1 is 0.208 bits per heavy atom. The van der Waals surface area contributed by atoms with Crippen LogP contribution in [0.15, 0.2) is 259 Å². The third-order valence-corrected chi connectivity index (χ3v) is 14.8. The van der Waals surface area contributed by atoms with Crippen molar-refractivity contribution in [1.29, 1.82) is 0 Å². The van der Waals surface area contributed by atoms with Crippen molar-refractivity contribution in [2.24, 2.45) is 0 Å². The van der Waals surface area contributed by atoms with E-state index in [1.807, 2.05) is 97.1 Å². The van der Waals surface area contributed by atoms with E-state index in [-0.39, 0.29) is 0 Å². The summed E-state index contributed by atoms with van der Waals surface area (Å²) in [5, 5.41) is 10.5. The summed E-state index contributed by atoms with van der Waals surface area (Å²) in [5.41, 5.74) is 11.5. The maximum absolute atomic E-state index is 7.21. The highest BCUT2D eigenvalue weighted by atomic mass is 16.3. The molecule has 0 aliphatic heterocycles. The molecule has 0 aliphatic carbocycles. The molecule has 0 radical (unpaired) electrons. The number of benzene rings is 12. The maximum atomic E-state index is 7.21. The Morgan fingerprint density at radius 2 is 0.481 bits per heavy atom. The summed E-state index contributed by atoms with van der Waals surface area (Å²) >= 11 is 0. The predicted molar refractivity (Wildman–Crippen MR) is 314 cm³/mol. The minimum absolute atomic E-state index is 0.609. The molecule has 0 aliphatic rings. The minimum Gasteiger partial charge on any atom is -0.455 e. The van der Waals surface area contributed by atoms with Crippen molar-refractivity contribution >= 4 is 65.0 Å². The zero-order valence-electron chi connectivity index (χ0n) is 41.3. The molecule has 358 valence electrons. The lowest BCUT2D eigenvalue weighted by atomic mass is 9.86. The minimum atomic E-state index is 0.609. The lowest BCUT2D eigenvalue weighted by molar-refractivity contribution is 0.670. The first kappa shape index (κ1) is 44.0. The van der Waals surface area contributed by atoms with Crippen LogP contribution in [0.1, 0.15) is 0 Å². The Balaban J connectivity index is 0.959. The number of rotatable bonds is 8. The van der Waals surface area contributed by atoms with Crippen LogP contribution in [0.3, 0.4) is 0 Å². The second-order valence-electron chi connectivity index (χ2n) is 19.2. The van der Waals surface area contributed by atoms with Gasteiger partial charge < -0.3 is 4.42 Å². The molecule has 7 nitrogen and oxygen atoms in total. The third kappa shape index (κ3) is 7.35. The standard InChI is InChI=1S/C70H42N6O/c1-5-23-43(24-6-1)65-71-66(44-25-7-2-8-26-44)74-69(73-65)62-51-35-17-13-31-47(51)59(48-32-14-18-36-52(48)62)55-39-22-42-58-61(55)57-41-21-40-56(64(57)77-58)60-49-33-15-19-37-53(49)63(54-38-20-16-34-50(54)60)70-75-67(45-27-9-3-10-28-45)72-68(76-70)46-29-11-4-12-30-46/h1-42H. The fourth-order valence-electron chi connectivity index (χ4n) is 11.4. The van der Waals surface area contributed by atoms with E-state index in [4.69, 9.17) is 34.3 Å². The number of hydrogen-bond donors (Lipinski definition) is 0. The summed E-state index contributed by atoms with van der Waals surface area (Å²) in [6.45, 7) is 0. The third-order valence-electron chi connectivity index (χ3n) is 14.8. The van der Waals surface area contributed by atoms with E-state index in [0.29, 0.717) is 34.9 Å². The molecule has 12 aromatic carbocycles. The van der Waals surface area contributed by atoms with Gasteiger partial charge in [-0.05, 0) is 60.3 Å². The molecule has 77 heavy (non-hydrogen) atoms. The highest BCUT2D eigenvalue weighted by molar-refractivity contribution is 6.28. The van der Waals surface area contributed by atoms with E-state index in [0.717, 1.165) is 121 Å². The highest BCUT2D eigenvalue weighted by Gasteiger charge is 2.26. The van der Waals surface area contributed by atoms with Crippen molar-refractivity contribution in [3.05, 3.63) is 255 Å². The number of aromatic nitrogens is 6. The van der Waals surface area contributed by atoms with Gasteiger partial charge in [0, 0.05) is 55.3 Å². The SMILES string of the molecule is c1ccc(-c2nc(-c3ccccc3)nc(-c3c4ccccc4c(-c4cccc5c4oc4cccc(-c6c7ccccc7c(-c7nc(-c8ccccc8)nc(-c8ccccc8)n7)c7ccccc67)c45)c4ccccc34)n2)cc1. The smallest absolute Gasteiger partial charge is 0.165 e. The Kier molecular flexibility index (Phi) is 10.4. The molecule has 0 N–H and O–H groups in total. The van der Waals surface area contributed by atoms with Gasteiger partial charge in [-0.25, -0.2) is 29.9 Å². The van der Waals surface area contributed by atoms with Crippen molar-refractivity contribution in [3.63, 3.8) is 0 Å². The molecule has 0 unspecified atom stereocenters. The first-order valence-corrected chi connectivity index (χ1v) is 25.8. The summed E-state index contributed by atoms with van der Waals surface area (Å²) in [5.74, 6) is 3.69. The molecular weight excluding hydrogens is 941 g/mol. The summed E-state index contributed by atoms with van der Waals surface area (Å²) in [6, 6.07) is 88.1. The molecular formula is C70H42N6O. The highest BCUT2D eigenvalue weighted by Crippen LogP contribution is 2.50. The van der Waals surface area contributed by atoms with Gasteiger partial charge in [0.05, 0.1) is 0 Å². The molecule has 0 amide bonds. The summed E-state index contributed by atoms with van der Waals surface area (Å²) in [7, 11) is 0. The van der Waals surface area contributed by atoms with E-state index in [9.17, 15) is 0 Å². The Bertz CT molecular complexity index is 4560. The van der Waals surface area contributed by atoms with E-state index in [2.05, 4.69) is 158 Å². The fraction of sp³-hybridized carbons (Fsp3) is 0. The Labute approximate surface area is 442 Å². The van der Waals surface area contributed by atoms with Gasteiger partial charge in [-0.3, -0.25) is 0 Å². The average molecular weight is 983 g/mol. The van der Waals surface area contributed by atoms with Crippen LogP contribution in [0.4, 0.5) is 0 Å². The molecule has 0 saturated carbocycles. The molecule has 3 heterocycles.